The monoisotopic (exact) mass is 473 g/mol. The lowest BCUT2D eigenvalue weighted by molar-refractivity contribution is 0.106. The van der Waals surface area contributed by atoms with Gasteiger partial charge in [0, 0.05) is 44.3 Å². The van der Waals surface area contributed by atoms with Crippen LogP contribution in [0.4, 0.5) is 11.5 Å². The van der Waals surface area contributed by atoms with Crippen molar-refractivity contribution in [2.45, 2.75) is 65.3 Å². The van der Waals surface area contributed by atoms with Crippen molar-refractivity contribution < 1.29 is 4.74 Å². The topological polar surface area (TPSA) is 55.0 Å². The molecule has 1 saturated heterocycles. The Kier molecular flexibility index (Phi) is 7.13. The quantitative estimate of drug-likeness (QED) is 0.454. The van der Waals surface area contributed by atoms with Gasteiger partial charge in [-0.05, 0) is 63.9 Å². The molecule has 184 valence electrons. The summed E-state index contributed by atoms with van der Waals surface area (Å²) < 4.78 is 7.42. The Morgan fingerprint density at radius 3 is 2.49 bits per heavy atom. The molecule has 3 aromatic rings. The largest absolute Gasteiger partial charge is 0.491 e. The Morgan fingerprint density at radius 1 is 1.14 bits per heavy atom. The molecule has 4 rings (SSSR count). The van der Waals surface area contributed by atoms with E-state index in [1.165, 1.54) is 5.56 Å². The predicted octanol–water partition coefficient (Wildman–Crippen LogP) is 5.32. The molecule has 1 aromatic carbocycles. The highest BCUT2D eigenvalue weighted by molar-refractivity contribution is 5.89. The fourth-order valence-corrected chi connectivity index (χ4v) is 5.11. The van der Waals surface area contributed by atoms with E-state index in [1.54, 1.807) is 23.7 Å². The fourth-order valence-electron chi connectivity index (χ4n) is 5.11. The average Bonchev–Trinajstić information content (AvgIpc) is 2.85. The number of benzene rings is 1. The molecule has 0 aliphatic carbocycles. The van der Waals surface area contributed by atoms with Crippen molar-refractivity contribution in [3.05, 3.63) is 69.8 Å². The van der Waals surface area contributed by atoms with Crippen LogP contribution in [-0.2, 0) is 7.05 Å². The van der Waals surface area contributed by atoms with Crippen LogP contribution < -0.4 is 15.2 Å². The van der Waals surface area contributed by atoms with Crippen molar-refractivity contribution in [3.63, 3.8) is 0 Å². The molecule has 0 saturated carbocycles. The maximum Gasteiger partial charge on any atom is 0.270 e. The van der Waals surface area contributed by atoms with Crippen LogP contribution in [0.25, 0.3) is 15.9 Å². The Balaban J connectivity index is 1.64. The summed E-state index contributed by atoms with van der Waals surface area (Å²) in [7, 11) is 1.75. The summed E-state index contributed by atoms with van der Waals surface area (Å²) in [6.45, 7) is 19.8. The Morgan fingerprint density at radius 2 is 1.86 bits per heavy atom. The first-order chi connectivity index (χ1) is 16.7. The summed E-state index contributed by atoms with van der Waals surface area (Å²) in [6.07, 6.45) is 1.15. The number of piperazine rings is 1. The molecule has 3 atom stereocenters. The summed E-state index contributed by atoms with van der Waals surface area (Å²) in [4.78, 5) is 25.8. The van der Waals surface area contributed by atoms with E-state index in [9.17, 15) is 4.79 Å². The second-order valence-corrected chi connectivity index (χ2v) is 9.75. The first-order valence-electron chi connectivity index (χ1n) is 12.4. The minimum atomic E-state index is -0.0652. The second-order valence-electron chi connectivity index (χ2n) is 9.75. The molecule has 1 aliphatic rings. The lowest BCUT2D eigenvalue weighted by atomic mass is 9.98. The lowest BCUT2D eigenvalue weighted by Gasteiger charge is -2.48. The summed E-state index contributed by atoms with van der Waals surface area (Å²) in [6, 6.07) is 14.4. The minimum absolute atomic E-state index is 0.0652. The first kappa shape index (κ1) is 24.7. The molecular weight excluding hydrogens is 438 g/mol. The Hall–Kier alpha value is -3.37. The van der Waals surface area contributed by atoms with Crippen LogP contribution in [0.15, 0.2) is 47.3 Å². The maximum absolute atomic E-state index is 12.8. The molecule has 0 N–H and O–H groups in total. The lowest BCUT2D eigenvalue weighted by Crippen LogP contribution is -2.58. The number of nitrogens with zero attached hydrogens (tertiary/aromatic N) is 5. The molecule has 0 spiro atoms. The van der Waals surface area contributed by atoms with Crippen LogP contribution in [0.5, 0.6) is 5.75 Å². The molecule has 3 heterocycles. The van der Waals surface area contributed by atoms with Crippen molar-refractivity contribution in [2.75, 3.05) is 18.0 Å². The van der Waals surface area contributed by atoms with E-state index >= 15 is 0 Å². The van der Waals surface area contributed by atoms with Gasteiger partial charge in [0.25, 0.3) is 11.4 Å². The maximum atomic E-state index is 12.8. The number of pyridine rings is 2. The van der Waals surface area contributed by atoms with Gasteiger partial charge in [0.2, 0.25) is 5.52 Å². The molecule has 7 heteroatoms. The van der Waals surface area contributed by atoms with E-state index in [0.717, 1.165) is 36.5 Å². The third kappa shape index (κ3) is 4.89. The van der Waals surface area contributed by atoms with E-state index in [0.29, 0.717) is 17.4 Å². The second kappa shape index (κ2) is 10.1. The number of rotatable bonds is 6. The molecule has 7 nitrogen and oxygen atoms in total. The number of anilines is 1. The molecule has 1 aliphatic heterocycles. The van der Waals surface area contributed by atoms with Crippen LogP contribution >= 0.6 is 0 Å². The number of hydrogen-bond acceptors (Lipinski definition) is 5. The molecule has 1 unspecified atom stereocenters. The zero-order chi connectivity index (χ0) is 25.3. The number of hydrogen-bond donors (Lipinski definition) is 0. The number of aryl methyl sites for hydroxylation is 1. The molecule has 0 radical (unpaired) electrons. The molecule has 0 bridgehead atoms. The standard InChI is InChI=1S/C28H35N5O2/c1-8-22-17-32(25-15-27(34)31(7)24-13-14-26(29-6)30-28(24)25)19(4)16-33(22)20(5)21-9-11-23(12-10-21)35-18(2)3/h9-15,18-20,22H,8,16-17H2,1-5,7H3/t19-,20?,22+/m0/s1. The van der Waals surface area contributed by atoms with Gasteiger partial charge < -0.3 is 19.0 Å². The normalized spacial score (nSPS) is 19.7. The van der Waals surface area contributed by atoms with Crippen LogP contribution in [0.1, 0.15) is 52.6 Å². The highest BCUT2D eigenvalue weighted by Crippen LogP contribution is 2.34. The molecule has 0 amide bonds. The third-order valence-corrected chi connectivity index (χ3v) is 7.06. The van der Waals surface area contributed by atoms with Gasteiger partial charge in [-0.2, -0.15) is 0 Å². The number of ether oxygens (including phenoxy) is 1. The Bertz CT molecular complexity index is 1290. The third-order valence-electron chi connectivity index (χ3n) is 7.06. The van der Waals surface area contributed by atoms with Crippen molar-refractivity contribution in [2.24, 2.45) is 7.05 Å². The highest BCUT2D eigenvalue weighted by atomic mass is 16.5. The molecule has 35 heavy (non-hydrogen) atoms. The van der Waals surface area contributed by atoms with Crippen LogP contribution in [-0.4, -0.2) is 45.7 Å². The van der Waals surface area contributed by atoms with E-state index < -0.39 is 0 Å². The van der Waals surface area contributed by atoms with Crippen molar-refractivity contribution in [3.8, 4) is 5.75 Å². The summed E-state index contributed by atoms with van der Waals surface area (Å²) in [5.74, 6) is 1.24. The zero-order valence-corrected chi connectivity index (χ0v) is 21.5. The van der Waals surface area contributed by atoms with Crippen molar-refractivity contribution >= 4 is 22.5 Å². The number of fused-ring (bicyclic) bond motifs is 1. The predicted molar refractivity (Wildman–Crippen MR) is 141 cm³/mol. The van der Waals surface area contributed by atoms with E-state index in [-0.39, 0.29) is 23.7 Å². The van der Waals surface area contributed by atoms with Crippen LogP contribution in [0.3, 0.4) is 0 Å². The van der Waals surface area contributed by atoms with Crippen molar-refractivity contribution in [1.29, 1.82) is 0 Å². The summed E-state index contributed by atoms with van der Waals surface area (Å²) >= 11 is 0. The highest BCUT2D eigenvalue weighted by Gasteiger charge is 2.35. The van der Waals surface area contributed by atoms with Crippen LogP contribution in [0, 0.1) is 6.57 Å². The average molecular weight is 474 g/mol. The SMILES string of the molecule is [C-]#[N+]c1ccc2c(n1)c(N1C[C@@H](CC)N(C(C)c3ccc(OC(C)C)cc3)C[C@@H]1C)cc(=O)n2C. The van der Waals surface area contributed by atoms with Crippen molar-refractivity contribution in [1.82, 2.24) is 14.5 Å². The van der Waals surface area contributed by atoms with Gasteiger partial charge in [0.1, 0.15) is 5.75 Å². The summed E-state index contributed by atoms with van der Waals surface area (Å²) in [5, 5.41) is 0. The minimum Gasteiger partial charge on any atom is -0.491 e. The van der Waals surface area contributed by atoms with Gasteiger partial charge in [0.15, 0.2) is 0 Å². The molecular formula is C28H35N5O2. The van der Waals surface area contributed by atoms with Gasteiger partial charge >= 0.3 is 0 Å². The molecule has 2 aromatic heterocycles. The fraction of sp³-hybridized carbons (Fsp3) is 0.464. The van der Waals surface area contributed by atoms with Gasteiger partial charge in [-0.3, -0.25) is 9.69 Å². The summed E-state index contributed by atoms with van der Waals surface area (Å²) in [5.41, 5.74) is 3.48. The number of aromatic nitrogens is 2. The first-order valence-corrected chi connectivity index (χ1v) is 12.4. The van der Waals surface area contributed by atoms with E-state index in [4.69, 9.17) is 11.3 Å². The smallest absolute Gasteiger partial charge is 0.270 e. The van der Waals surface area contributed by atoms with E-state index in [1.807, 2.05) is 19.9 Å². The Labute approximate surface area is 207 Å². The van der Waals surface area contributed by atoms with Gasteiger partial charge in [0.05, 0.1) is 17.3 Å². The molecule has 1 fully saturated rings. The van der Waals surface area contributed by atoms with Gasteiger partial charge in [-0.15, -0.1) is 4.98 Å². The van der Waals surface area contributed by atoms with Gasteiger partial charge in [-0.25, -0.2) is 0 Å². The van der Waals surface area contributed by atoms with Gasteiger partial charge in [-0.1, -0.05) is 25.6 Å². The van der Waals surface area contributed by atoms with E-state index in [2.05, 4.69) is 64.7 Å². The van der Waals surface area contributed by atoms with Crippen LogP contribution in [0.2, 0.25) is 0 Å². The zero-order valence-electron chi connectivity index (χ0n) is 21.5.